The number of Topliss-reactive ketones (excluding diaryl/α,β-unsaturated/α-hetero) is 1. The lowest BCUT2D eigenvalue weighted by Gasteiger charge is -2.17. The van der Waals surface area contributed by atoms with E-state index in [0.717, 1.165) is 10.9 Å². The molecule has 0 unspecified atom stereocenters. The van der Waals surface area contributed by atoms with Gasteiger partial charge in [0.25, 0.3) is 0 Å². The van der Waals surface area contributed by atoms with E-state index in [-0.39, 0.29) is 11.2 Å². The minimum absolute atomic E-state index is 0.136. The Bertz CT molecular complexity index is 532. The first-order chi connectivity index (χ1) is 7.50. The zero-order valence-corrected chi connectivity index (χ0v) is 9.82. The van der Waals surface area contributed by atoms with Gasteiger partial charge < -0.3 is 0 Å². The molecule has 0 radical (unpaired) electrons. The summed E-state index contributed by atoms with van der Waals surface area (Å²) in [5, 5.41) is 1.01. The van der Waals surface area contributed by atoms with Crippen molar-refractivity contribution in [1.82, 2.24) is 4.98 Å². The van der Waals surface area contributed by atoms with Crippen molar-refractivity contribution in [3.63, 3.8) is 0 Å². The molecule has 0 spiro atoms. The van der Waals surface area contributed by atoms with Gasteiger partial charge in [-0.3, -0.25) is 9.78 Å². The fourth-order valence-electron chi connectivity index (χ4n) is 1.69. The second-order valence-corrected chi connectivity index (χ2v) is 4.96. The van der Waals surface area contributed by atoms with Gasteiger partial charge in [0, 0.05) is 22.6 Å². The fraction of sp³-hybridized carbons (Fsp3) is 0.286. The summed E-state index contributed by atoms with van der Waals surface area (Å²) in [4.78, 5) is 16.5. The van der Waals surface area contributed by atoms with E-state index in [2.05, 4.69) is 4.98 Å². The summed E-state index contributed by atoms with van der Waals surface area (Å²) >= 11 is 0. The highest BCUT2D eigenvalue weighted by Gasteiger charge is 2.24. The van der Waals surface area contributed by atoms with Gasteiger partial charge in [-0.1, -0.05) is 39.0 Å². The molecule has 2 rings (SSSR count). The van der Waals surface area contributed by atoms with Crippen molar-refractivity contribution in [2.45, 2.75) is 20.8 Å². The number of carbonyl (C=O) groups is 1. The topological polar surface area (TPSA) is 30.0 Å². The average molecular weight is 213 g/mol. The van der Waals surface area contributed by atoms with E-state index in [0.29, 0.717) is 5.56 Å². The Morgan fingerprint density at radius 3 is 2.50 bits per heavy atom. The third kappa shape index (κ3) is 1.83. The van der Waals surface area contributed by atoms with E-state index < -0.39 is 0 Å². The largest absolute Gasteiger partial charge is 0.294 e. The summed E-state index contributed by atoms with van der Waals surface area (Å²) in [7, 11) is 0. The number of fused-ring (bicyclic) bond motifs is 1. The summed E-state index contributed by atoms with van der Waals surface area (Å²) < 4.78 is 0. The van der Waals surface area contributed by atoms with Crippen LogP contribution in [0.15, 0.2) is 36.5 Å². The molecule has 0 fully saturated rings. The van der Waals surface area contributed by atoms with E-state index in [9.17, 15) is 4.79 Å². The van der Waals surface area contributed by atoms with E-state index in [4.69, 9.17) is 0 Å². The summed E-state index contributed by atoms with van der Waals surface area (Å²) in [6.45, 7) is 5.78. The Morgan fingerprint density at radius 2 is 1.81 bits per heavy atom. The highest BCUT2D eigenvalue weighted by atomic mass is 16.1. The summed E-state index contributed by atoms with van der Waals surface area (Å²) in [5.41, 5.74) is 1.14. The molecule has 2 heteroatoms. The normalized spacial score (nSPS) is 11.7. The molecule has 0 bridgehead atoms. The number of hydrogen-bond acceptors (Lipinski definition) is 2. The van der Waals surface area contributed by atoms with Gasteiger partial charge in [0.05, 0.1) is 5.52 Å². The maximum Gasteiger partial charge on any atom is 0.170 e. The molecule has 2 aromatic rings. The van der Waals surface area contributed by atoms with Crippen LogP contribution in [0.4, 0.5) is 0 Å². The van der Waals surface area contributed by atoms with Gasteiger partial charge in [0.1, 0.15) is 0 Å². The lowest BCUT2D eigenvalue weighted by Crippen LogP contribution is -2.20. The van der Waals surface area contributed by atoms with Gasteiger partial charge in [-0.05, 0) is 12.1 Å². The lowest BCUT2D eigenvalue weighted by molar-refractivity contribution is 0.0860. The second kappa shape index (κ2) is 3.71. The van der Waals surface area contributed by atoms with Crippen LogP contribution in [0.5, 0.6) is 0 Å². The van der Waals surface area contributed by atoms with Crippen LogP contribution >= 0.6 is 0 Å². The molecule has 82 valence electrons. The van der Waals surface area contributed by atoms with Crippen molar-refractivity contribution in [3.05, 3.63) is 42.1 Å². The Labute approximate surface area is 95.3 Å². The fourth-order valence-corrected chi connectivity index (χ4v) is 1.69. The van der Waals surface area contributed by atoms with Crippen LogP contribution in [0.2, 0.25) is 0 Å². The van der Waals surface area contributed by atoms with Crippen molar-refractivity contribution in [2.24, 2.45) is 5.41 Å². The predicted octanol–water partition coefficient (Wildman–Crippen LogP) is 3.46. The van der Waals surface area contributed by atoms with Crippen LogP contribution in [0.1, 0.15) is 31.1 Å². The molecule has 0 N–H and O–H groups in total. The van der Waals surface area contributed by atoms with Crippen molar-refractivity contribution in [1.29, 1.82) is 0 Å². The van der Waals surface area contributed by atoms with Crippen LogP contribution in [0, 0.1) is 5.41 Å². The minimum atomic E-state index is -0.369. The number of ketones is 1. The van der Waals surface area contributed by atoms with Crippen molar-refractivity contribution in [3.8, 4) is 0 Å². The molecular weight excluding hydrogens is 198 g/mol. The number of rotatable bonds is 1. The average Bonchev–Trinajstić information content (AvgIpc) is 2.26. The number of nitrogens with zero attached hydrogens (tertiary/aromatic N) is 1. The summed E-state index contributed by atoms with van der Waals surface area (Å²) in [5.74, 6) is 0.136. The van der Waals surface area contributed by atoms with Crippen molar-refractivity contribution < 1.29 is 4.79 Å². The van der Waals surface area contributed by atoms with E-state index in [1.54, 1.807) is 6.20 Å². The number of carbonyl (C=O) groups excluding carboxylic acids is 1. The van der Waals surface area contributed by atoms with Crippen LogP contribution in [-0.2, 0) is 0 Å². The number of aromatic nitrogens is 1. The van der Waals surface area contributed by atoms with Gasteiger partial charge in [-0.15, -0.1) is 0 Å². The zero-order chi connectivity index (χ0) is 11.8. The molecule has 2 nitrogen and oxygen atoms in total. The van der Waals surface area contributed by atoms with Crippen molar-refractivity contribution in [2.75, 3.05) is 0 Å². The molecule has 0 saturated carbocycles. The maximum absolute atomic E-state index is 12.2. The molecule has 1 aromatic carbocycles. The molecule has 0 amide bonds. The minimum Gasteiger partial charge on any atom is -0.294 e. The summed E-state index contributed by atoms with van der Waals surface area (Å²) in [6, 6.07) is 9.59. The Kier molecular flexibility index (Phi) is 2.50. The second-order valence-electron chi connectivity index (χ2n) is 4.96. The molecule has 0 aliphatic heterocycles. The Hall–Kier alpha value is -1.70. The van der Waals surface area contributed by atoms with E-state index >= 15 is 0 Å². The van der Waals surface area contributed by atoms with Gasteiger partial charge in [-0.2, -0.15) is 0 Å². The third-order valence-corrected chi connectivity index (χ3v) is 2.56. The highest BCUT2D eigenvalue weighted by Crippen LogP contribution is 2.25. The van der Waals surface area contributed by atoms with Gasteiger partial charge >= 0.3 is 0 Å². The van der Waals surface area contributed by atoms with Crippen LogP contribution in [0.25, 0.3) is 10.9 Å². The molecule has 0 aliphatic rings. The van der Waals surface area contributed by atoms with Gasteiger partial charge in [-0.25, -0.2) is 0 Å². The Morgan fingerprint density at radius 1 is 1.12 bits per heavy atom. The first-order valence-electron chi connectivity index (χ1n) is 5.39. The van der Waals surface area contributed by atoms with Crippen LogP contribution in [-0.4, -0.2) is 10.8 Å². The van der Waals surface area contributed by atoms with Gasteiger partial charge in [0.2, 0.25) is 0 Å². The van der Waals surface area contributed by atoms with Crippen LogP contribution < -0.4 is 0 Å². The molecule has 0 saturated heterocycles. The number of benzene rings is 1. The monoisotopic (exact) mass is 213 g/mol. The van der Waals surface area contributed by atoms with Crippen molar-refractivity contribution >= 4 is 16.7 Å². The van der Waals surface area contributed by atoms with E-state index in [1.807, 2.05) is 51.1 Å². The number of hydrogen-bond donors (Lipinski definition) is 0. The lowest BCUT2D eigenvalue weighted by atomic mass is 9.86. The quantitative estimate of drug-likeness (QED) is 0.679. The summed E-state index contributed by atoms with van der Waals surface area (Å²) in [6.07, 6.45) is 1.72. The number of para-hydroxylation sites is 1. The molecule has 16 heavy (non-hydrogen) atoms. The van der Waals surface area contributed by atoms with E-state index in [1.165, 1.54) is 0 Å². The predicted molar refractivity (Wildman–Crippen MR) is 65.5 cm³/mol. The zero-order valence-electron chi connectivity index (χ0n) is 9.82. The molecule has 0 atom stereocenters. The SMILES string of the molecule is CC(C)(C)C(=O)c1cccc2cccnc12. The first kappa shape index (κ1) is 10.8. The highest BCUT2D eigenvalue weighted by molar-refractivity contribution is 6.08. The molecule has 1 aromatic heterocycles. The molecule has 1 heterocycles. The number of pyridine rings is 1. The van der Waals surface area contributed by atoms with Crippen LogP contribution in [0.3, 0.4) is 0 Å². The Balaban J connectivity index is 2.66. The standard InChI is InChI=1S/C14H15NO/c1-14(2,3)13(16)11-8-4-6-10-7-5-9-15-12(10)11/h4-9H,1-3H3. The maximum atomic E-state index is 12.2. The third-order valence-electron chi connectivity index (χ3n) is 2.56. The smallest absolute Gasteiger partial charge is 0.170 e. The van der Waals surface area contributed by atoms with Gasteiger partial charge in [0.15, 0.2) is 5.78 Å². The molecular formula is C14H15NO. The molecule has 0 aliphatic carbocycles. The first-order valence-corrected chi connectivity index (χ1v) is 5.39.